The normalized spacial score (nSPS) is 10.9. The van der Waals surface area contributed by atoms with E-state index < -0.39 is 22.5 Å². The van der Waals surface area contributed by atoms with Crippen LogP contribution in [-0.2, 0) is 21.2 Å². The van der Waals surface area contributed by atoms with Crippen molar-refractivity contribution >= 4 is 38.9 Å². The number of amides is 1. The minimum Gasteiger partial charge on any atom is -0.325 e. The zero-order valence-corrected chi connectivity index (χ0v) is 18.3. The summed E-state index contributed by atoms with van der Waals surface area (Å²) in [5, 5.41) is 11.9. The summed E-state index contributed by atoms with van der Waals surface area (Å²) in [5.41, 5.74) is 2.58. The summed E-state index contributed by atoms with van der Waals surface area (Å²) in [6.45, 7) is 1.44. The average Bonchev–Trinajstić information content (AvgIpc) is 2.75. The number of nitrogens with zero attached hydrogens (tertiary/aromatic N) is 2. The van der Waals surface area contributed by atoms with E-state index in [9.17, 15) is 13.2 Å². The van der Waals surface area contributed by atoms with Gasteiger partial charge < -0.3 is 5.32 Å². The van der Waals surface area contributed by atoms with Gasteiger partial charge in [-0.25, -0.2) is 8.42 Å². The van der Waals surface area contributed by atoms with Crippen LogP contribution in [0.15, 0.2) is 77.7 Å². The molecule has 0 unspecified atom stereocenters. The standard InChI is InChI=1S/C23H20ClN3O3S/c1-17-2-12-22(13-3-17)31(29,30)27(21-10-6-19(24)7-11-21)16-23(28)26-20-8-4-18(5-9-20)14-15-25/h2-13H,14,16H2,1H3,(H,26,28). The van der Waals surface area contributed by atoms with Crippen molar-refractivity contribution in [3.05, 3.63) is 88.9 Å². The van der Waals surface area contributed by atoms with Gasteiger partial charge in [-0.2, -0.15) is 5.26 Å². The number of carbonyl (C=O) groups excluding carboxylic acids is 1. The van der Waals surface area contributed by atoms with Gasteiger partial charge in [0.1, 0.15) is 6.54 Å². The summed E-state index contributed by atoms with van der Waals surface area (Å²) < 4.78 is 27.7. The first-order valence-electron chi connectivity index (χ1n) is 9.40. The molecule has 3 aromatic rings. The molecule has 0 radical (unpaired) electrons. The number of benzene rings is 3. The Morgan fingerprint density at radius 2 is 1.61 bits per heavy atom. The maximum Gasteiger partial charge on any atom is 0.264 e. The van der Waals surface area contributed by atoms with Crippen molar-refractivity contribution in [2.45, 2.75) is 18.2 Å². The highest BCUT2D eigenvalue weighted by atomic mass is 35.5. The first kappa shape index (κ1) is 22.3. The molecule has 1 amide bonds. The number of hydrogen-bond acceptors (Lipinski definition) is 4. The van der Waals surface area contributed by atoms with Crippen LogP contribution in [-0.4, -0.2) is 20.9 Å². The Balaban J connectivity index is 1.87. The number of rotatable bonds is 7. The van der Waals surface area contributed by atoms with Crippen LogP contribution >= 0.6 is 11.6 Å². The third-order valence-corrected chi connectivity index (χ3v) is 6.57. The van der Waals surface area contributed by atoms with Crippen molar-refractivity contribution < 1.29 is 13.2 Å². The van der Waals surface area contributed by atoms with Crippen LogP contribution in [0.5, 0.6) is 0 Å². The van der Waals surface area contributed by atoms with Crippen LogP contribution in [0, 0.1) is 18.3 Å². The zero-order valence-electron chi connectivity index (χ0n) is 16.7. The van der Waals surface area contributed by atoms with E-state index in [2.05, 4.69) is 11.4 Å². The van der Waals surface area contributed by atoms with Crippen LogP contribution in [0.4, 0.5) is 11.4 Å². The van der Waals surface area contributed by atoms with Gasteiger partial charge in [0.2, 0.25) is 5.91 Å². The molecular weight excluding hydrogens is 434 g/mol. The molecule has 0 fully saturated rings. The molecule has 0 aromatic heterocycles. The van der Waals surface area contributed by atoms with Crippen molar-refractivity contribution in [3.8, 4) is 6.07 Å². The van der Waals surface area contributed by atoms with Gasteiger partial charge in [-0.15, -0.1) is 0 Å². The molecule has 6 nitrogen and oxygen atoms in total. The van der Waals surface area contributed by atoms with Crippen molar-refractivity contribution in [1.82, 2.24) is 0 Å². The lowest BCUT2D eigenvalue weighted by Gasteiger charge is -2.24. The fraction of sp³-hybridized carbons (Fsp3) is 0.130. The summed E-state index contributed by atoms with van der Waals surface area (Å²) in [5.74, 6) is -0.501. The summed E-state index contributed by atoms with van der Waals surface area (Å²) in [6.07, 6.45) is 0.271. The number of hydrogen-bond donors (Lipinski definition) is 1. The van der Waals surface area contributed by atoms with Crippen LogP contribution < -0.4 is 9.62 Å². The summed E-state index contributed by atoms with van der Waals surface area (Å²) in [4.78, 5) is 12.8. The van der Waals surface area contributed by atoms with Gasteiger partial charge in [0, 0.05) is 10.7 Å². The molecule has 0 atom stereocenters. The molecule has 1 N–H and O–H groups in total. The van der Waals surface area contributed by atoms with Crippen LogP contribution in [0.1, 0.15) is 11.1 Å². The number of nitriles is 1. The minimum atomic E-state index is -3.99. The zero-order chi connectivity index (χ0) is 22.4. The van der Waals surface area contributed by atoms with Gasteiger partial charge in [-0.3, -0.25) is 9.10 Å². The second kappa shape index (κ2) is 9.65. The van der Waals surface area contributed by atoms with E-state index in [1.54, 1.807) is 60.7 Å². The molecule has 8 heteroatoms. The smallest absolute Gasteiger partial charge is 0.264 e. The number of sulfonamides is 1. The summed E-state index contributed by atoms with van der Waals surface area (Å²) >= 11 is 5.95. The molecule has 0 saturated carbocycles. The molecular formula is C23H20ClN3O3S. The molecule has 0 bridgehead atoms. The molecule has 3 aromatic carbocycles. The van der Waals surface area contributed by atoms with Crippen LogP contribution in [0.3, 0.4) is 0 Å². The van der Waals surface area contributed by atoms with E-state index in [0.29, 0.717) is 16.4 Å². The fourth-order valence-electron chi connectivity index (χ4n) is 2.89. The second-order valence-corrected chi connectivity index (χ2v) is 9.18. The highest BCUT2D eigenvalue weighted by molar-refractivity contribution is 7.92. The molecule has 0 heterocycles. The summed E-state index contributed by atoms with van der Waals surface area (Å²) in [6, 6.07) is 21.6. The Hall–Kier alpha value is -3.34. The Morgan fingerprint density at radius 1 is 1.00 bits per heavy atom. The molecule has 3 rings (SSSR count). The van der Waals surface area contributed by atoms with Gasteiger partial charge in [0.05, 0.1) is 23.1 Å². The minimum absolute atomic E-state index is 0.0849. The quantitative estimate of drug-likeness (QED) is 0.568. The lowest BCUT2D eigenvalue weighted by Crippen LogP contribution is -2.38. The SMILES string of the molecule is Cc1ccc(S(=O)(=O)N(CC(=O)Nc2ccc(CC#N)cc2)c2ccc(Cl)cc2)cc1. The Bertz CT molecular complexity index is 1200. The van der Waals surface area contributed by atoms with Gasteiger partial charge in [-0.1, -0.05) is 41.4 Å². The third-order valence-electron chi connectivity index (χ3n) is 4.53. The predicted octanol–water partition coefficient (Wildman–Crippen LogP) is 4.55. The number of anilines is 2. The number of carbonyl (C=O) groups is 1. The third kappa shape index (κ3) is 5.63. The number of nitrogens with one attached hydrogen (secondary N) is 1. The van der Waals surface area contributed by atoms with E-state index in [1.807, 2.05) is 6.92 Å². The van der Waals surface area contributed by atoms with Crippen molar-refractivity contribution in [3.63, 3.8) is 0 Å². The van der Waals surface area contributed by atoms with Gasteiger partial charge in [-0.05, 0) is 61.0 Å². The van der Waals surface area contributed by atoms with Gasteiger partial charge >= 0.3 is 0 Å². The lowest BCUT2D eigenvalue weighted by molar-refractivity contribution is -0.114. The molecule has 0 spiro atoms. The van der Waals surface area contributed by atoms with Crippen LogP contribution in [0.2, 0.25) is 5.02 Å². The highest BCUT2D eigenvalue weighted by Crippen LogP contribution is 2.25. The van der Waals surface area contributed by atoms with E-state index in [4.69, 9.17) is 16.9 Å². The number of aryl methyl sites for hydroxylation is 1. The second-order valence-electron chi connectivity index (χ2n) is 6.88. The van der Waals surface area contributed by atoms with Gasteiger partial charge in [0.15, 0.2) is 0 Å². The van der Waals surface area contributed by atoms with Crippen molar-refractivity contribution in [2.24, 2.45) is 0 Å². The molecule has 31 heavy (non-hydrogen) atoms. The fourth-order valence-corrected chi connectivity index (χ4v) is 4.43. The van der Waals surface area contributed by atoms with E-state index in [-0.39, 0.29) is 11.3 Å². The average molecular weight is 454 g/mol. The lowest BCUT2D eigenvalue weighted by atomic mass is 10.1. The van der Waals surface area contributed by atoms with Crippen LogP contribution in [0.25, 0.3) is 0 Å². The molecule has 0 aliphatic rings. The Morgan fingerprint density at radius 3 is 2.19 bits per heavy atom. The molecule has 0 aliphatic heterocycles. The first-order chi connectivity index (χ1) is 14.8. The van der Waals surface area contributed by atoms with Gasteiger partial charge in [0.25, 0.3) is 10.0 Å². The largest absolute Gasteiger partial charge is 0.325 e. The van der Waals surface area contributed by atoms with E-state index in [0.717, 1.165) is 15.4 Å². The highest BCUT2D eigenvalue weighted by Gasteiger charge is 2.27. The van der Waals surface area contributed by atoms with Crippen molar-refractivity contribution in [2.75, 3.05) is 16.2 Å². The maximum absolute atomic E-state index is 13.3. The molecule has 0 saturated heterocycles. The monoisotopic (exact) mass is 453 g/mol. The summed E-state index contributed by atoms with van der Waals surface area (Å²) in [7, 11) is -3.99. The predicted molar refractivity (Wildman–Crippen MR) is 122 cm³/mol. The Kier molecular flexibility index (Phi) is 6.95. The molecule has 158 valence electrons. The first-order valence-corrected chi connectivity index (χ1v) is 11.2. The van der Waals surface area contributed by atoms with E-state index >= 15 is 0 Å². The van der Waals surface area contributed by atoms with Crippen molar-refractivity contribution in [1.29, 1.82) is 5.26 Å². The number of halogens is 1. The topological polar surface area (TPSA) is 90.3 Å². The van der Waals surface area contributed by atoms with E-state index in [1.165, 1.54) is 12.1 Å². The molecule has 0 aliphatic carbocycles. The Labute approximate surface area is 186 Å². The maximum atomic E-state index is 13.3.